The normalized spacial score (nSPS) is 33.7. The molecule has 2 rings (SSSR count). The summed E-state index contributed by atoms with van der Waals surface area (Å²) in [7, 11) is 4.58. The van der Waals surface area contributed by atoms with Crippen molar-refractivity contribution >= 4 is 6.21 Å². The zero-order valence-corrected chi connectivity index (χ0v) is 37.6. The van der Waals surface area contributed by atoms with E-state index >= 15 is 0 Å². The first-order valence-corrected chi connectivity index (χ1v) is 21.2. The van der Waals surface area contributed by atoms with Gasteiger partial charge in [-0.15, -0.1) is 0 Å². The molecule has 10 unspecified atom stereocenters. The number of nitrogens with zero attached hydrogens (tertiary/aromatic N) is 1. The molecule has 0 spiro atoms. The van der Waals surface area contributed by atoms with Gasteiger partial charge in [-0.2, -0.15) is 0 Å². The summed E-state index contributed by atoms with van der Waals surface area (Å²) in [5.74, 6) is -1.93. The van der Waals surface area contributed by atoms with Gasteiger partial charge in [-0.1, -0.05) is 53.1 Å². The Morgan fingerprint density at radius 1 is 0.930 bits per heavy atom. The molecule has 15 nitrogen and oxygen atoms in total. The molecular formula is C42H82N2O13. The van der Waals surface area contributed by atoms with Crippen LogP contribution < -0.4 is 5.32 Å². The standard InChI is InChI=1S/C42H82N2O13/c1-15-17-40(9,48)36(46)28(6)34(53-20-19-50-12)25(3)22-41(10,49)38(57-39-33(45)31(43-18-16-2)21-27(5)54-39)29(7)35(26(4)24-44-52-14)56-32-23-42(11,51-13)37(47)30(8)55-32/h24-39,43,45-49H,15-23H2,1-14H3/t25?,26?,27-,28?,29?,30+,31+,32+,33-,34?,35?,36?,37+,38?,39+,40?,41?,42-/m1/s1. The van der Waals surface area contributed by atoms with Crippen molar-refractivity contribution in [1.82, 2.24) is 5.32 Å². The molecule has 57 heavy (non-hydrogen) atoms. The maximum absolute atomic E-state index is 12.8. The monoisotopic (exact) mass is 823 g/mol. The van der Waals surface area contributed by atoms with Gasteiger partial charge in [0, 0.05) is 50.7 Å². The summed E-state index contributed by atoms with van der Waals surface area (Å²) in [4.78, 5) is 5.06. The Bertz CT molecular complexity index is 1150. The van der Waals surface area contributed by atoms with Gasteiger partial charge in [0.1, 0.15) is 19.3 Å². The first kappa shape index (κ1) is 52.1. The summed E-state index contributed by atoms with van der Waals surface area (Å²) in [6.45, 7) is 21.7. The van der Waals surface area contributed by atoms with Crippen LogP contribution in [0.4, 0.5) is 0 Å². The van der Waals surface area contributed by atoms with Gasteiger partial charge in [0.15, 0.2) is 12.6 Å². The molecule has 2 fully saturated rings. The van der Waals surface area contributed by atoms with Crippen LogP contribution in [-0.2, 0) is 38.0 Å². The molecule has 2 aliphatic rings. The third-order valence-electron chi connectivity index (χ3n) is 12.2. The van der Waals surface area contributed by atoms with Gasteiger partial charge < -0.3 is 68.8 Å². The van der Waals surface area contributed by atoms with Crippen LogP contribution in [0.2, 0.25) is 0 Å². The summed E-state index contributed by atoms with van der Waals surface area (Å²) < 4.78 is 43.5. The quantitative estimate of drug-likeness (QED) is 0.0419. The smallest absolute Gasteiger partial charge is 0.185 e. The number of hydrogen-bond acceptors (Lipinski definition) is 15. The van der Waals surface area contributed by atoms with Crippen LogP contribution in [0, 0.1) is 23.7 Å². The Morgan fingerprint density at radius 3 is 2.18 bits per heavy atom. The molecular weight excluding hydrogens is 740 g/mol. The summed E-state index contributed by atoms with van der Waals surface area (Å²) in [6.07, 6.45) is -3.64. The minimum Gasteiger partial charge on any atom is -0.399 e. The Hall–Kier alpha value is -1.05. The fourth-order valence-electron chi connectivity index (χ4n) is 8.98. The van der Waals surface area contributed by atoms with E-state index in [1.165, 1.54) is 7.11 Å². The minimum absolute atomic E-state index is 0.126. The maximum atomic E-state index is 12.8. The highest BCUT2D eigenvalue weighted by molar-refractivity contribution is 5.60. The predicted molar refractivity (Wildman–Crippen MR) is 218 cm³/mol. The molecule has 0 aliphatic carbocycles. The molecule has 0 aromatic rings. The number of rotatable bonds is 26. The number of ether oxygens (including phenoxy) is 7. The predicted octanol–water partition coefficient (Wildman–Crippen LogP) is 3.78. The maximum Gasteiger partial charge on any atom is 0.185 e. The van der Waals surface area contributed by atoms with Gasteiger partial charge in [-0.25, -0.2) is 0 Å². The van der Waals surface area contributed by atoms with Gasteiger partial charge in [-0.3, -0.25) is 0 Å². The van der Waals surface area contributed by atoms with Crippen LogP contribution in [-0.4, -0.2) is 157 Å². The highest BCUT2D eigenvalue weighted by Gasteiger charge is 2.51. The second-order valence-corrected chi connectivity index (χ2v) is 17.6. The zero-order chi connectivity index (χ0) is 43.3. The number of aliphatic hydroxyl groups excluding tert-OH is 3. The van der Waals surface area contributed by atoms with Gasteiger partial charge >= 0.3 is 0 Å². The Kier molecular flexibility index (Phi) is 21.8. The Morgan fingerprint density at radius 2 is 1.60 bits per heavy atom. The number of methoxy groups -OCH3 is 2. The number of oxime groups is 1. The van der Waals surface area contributed by atoms with E-state index in [1.807, 2.05) is 48.5 Å². The lowest BCUT2D eigenvalue weighted by Crippen LogP contribution is -2.60. The lowest BCUT2D eigenvalue weighted by molar-refractivity contribution is -0.314. The van der Waals surface area contributed by atoms with Crippen LogP contribution in [0.25, 0.3) is 0 Å². The lowest BCUT2D eigenvalue weighted by Gasteiger charge is -2.48. The molecule has 2 aliphatic heterocycles. The average Bonchev–Trinajstić information content (AvgIpc) is 3.14. The second-order valence-electron chi connectivity index (χ2n) is 17.6. The van der Waals surface area contributed by atoms with Gasteiger partial charge in [0.05, 0.1) is 66.6 Å². The van der Waals surface area contributed by atoms with E-state index in [0.717, 1.165) is 6.42 Å². The fourth-order valence-corrected chi connectivity index (χ4v) is 8.98. The molecule has 15 heteroatoms. The summed E-state index contributed by atoms with van der Waals surface area (Å²) in [6, 6.07) is -0.301. The topological polar surface area (TPSA) is 199 Å². The van der Waals surface area contributed by atoms with Crippen LogP contribution in [0.5, 0.6) is 0 Å². The molecule has 0 bridgehead atoms. The van der Waals surface area contributed by atoms with E-state index in [9.17, 15) is 25.5 Å². The van der Waals surface area contributed by atoms with Crippen molar-refractivity contribution in [3.05, 3.63) is 0 Å². The molecule has 0 aromatic heterocycles. The third-order valence-corrected chi connectivity index (χ3v) is 12.2. The first-order chi connectivity index (χ1) is 26.6. The molecule has 0 amide bonds. The number of nitrogens with one attached hydrogen (secondary N) is 1. The van der Waals surface area contributed by atoms with E-state index in [1.54, 1.807) is 41.2 Å². The van der Waals surface area contributed by atoms with E-state index in [2.05, 4.69) is 17.4 Å². The average molecular weight is 823 g/mol. The van der Waals surface area contributed by atoms with E-state index in [0.29, 0.717) is 32.4 Å². The lowest BCUT2D eigenvalue weighted by atomic mass is 9.74. The Labute approximate surface area is 343 Å². The molecule has 338 valence electrons. The summed E-state index contributed by atoms with van der Waals surface area (Å²) in [5, 5.41) is 65.6. The first-order valence-electron chi connectivity index (χ1n) is 21.2. The number of hydrogen-bond donors (Lipinski definition) is 6. The van der Waals surface area contributed by atoms with E-state index in [-0.39, 0.29) is 37.5 Å². The second kappa shape index (κ2) is 23.8. The molecule has 18 atom stereocenters. The summed E-state index contributed by atoms with van der Waals surface area (Å²) in [5.41, 5.74) is -3.93. The third kappa shape index (κ3) is 14.5. The van der Waals surface area contributed by atoms with E-state index < -0.39 is 89.9 Å². The summed E-state index contributed by atoms with van der Waals surface area (Å²) >= 11 is 0. The molecule has 2 heterocycles. The largest absolute Gasteiger partial charge is 0.399 e. The van der Waals surface area contributed by atoms with Crippen molar-refractivity contribution in [3.63, 3.8) is 0 Å². The SMILES string of the molecule is CCCN[C@H]1C[C@@H](C)O[C@@H](OC(C(C)C(O[C@H]2C[C@@](C)(OC)[C@@H](O)[C@H](C)O2)C(C)C=NOC)C(C)(O)CC(C)C(OCCOC)C(C)C(O)C(C)(O)CCC)[C@@H]1O. The van der Waals surface area contributed by atoms with Crippen molar-refractivity contribution in [2.75, 3.05) is 41.1 Å². The van der Waals surface area contributed by atoms with E-state index in [4.69, 9.17) is 38.0 Å². The van der Waals surface area contributed by atoms with Crippen LogP contribution in [0.15, 0.2) is 5.16 Å². The minimum atomic E-state index is -1.62. The Balaban J connectivity index is 2.66. The van der Waals surface area contributed by atoms with Gasteiger partial charge in [0.25, 0.3) is 0 Å². The van der Waals surface area contributed by atoms with Crippen molar-refractivity contribution in [2.24, 2.45) is 28.8 Å². The molecule has 6 N–H and O–H groups in total. The van der Waals surface area contributed by atoms with Crippen LogP contribution >= 0.6 is 0 Å². The molecule has 2 saturated heterocycles. The van der Waals surface area contributed by atoms with Crippen molar-refractivity contribution in [1.29, 1.82) is 0 Å². The molecule has 0 saturated carbocycles. The highest BCUT2D eigenvalue weighted by atomic mass is 16.7. The molecule has 0 radical (unpaired) electrons. The highest BCUT2D eigenvalue weighted by Crippen LogP contribution is 2.40. The van der Waals surface area contributed by atoms with Crippen molar-refractivity contribution < 1.29 is 63.5 Å². The van der Waals surface area contributed by atoms with Crippen molar-refractivity contribution in [2.45, 2.75) is 199 Å². The van der Waals surface area contributed by atoms with Crippen LogP contribution in [0.3, 0.4) is 0 Å². The number of aliphatic hydroxyl groups is 5. The van der Waals surface area contributed by atoms with Crippen LogP contribution in [0.1, 0.15) is 115 Å². The van der Waals surface area contributed by atoms with Gasteiger partial charge in [0.2, 0.25) is 0 Å². The fraction of sp³-hybridized carbons (Fsp3) is 0.976. The van der Waals surface area contributed by atoms with Gasteiger partial charge in [-0.05, 0) is 72.8 Å². The molecule has 0 aromatic carbocycles. The van der Waals surface area contributed by atoms with Crippen molar-refractivity contribution in [3.8, 4) is 0 Å². The zero-order valence-electron chi connectivity index (χ0n) is 37.6.